The topological polar surface area (TPSA) is 70.9 Å². The minimum atomic E-state index is -4.83. The van der Waals surface area contributed by atoms with Gasteiger partial charge >= 0.3 is 12.1 Å². The highest BCUT2D eigenvalue weighted by molar-refractivity contribution is 6.25. The van der Waals surface area contributed by atoms with Crippen molar-refractivity contribution in [2.24, 2.45) is 5.92 Å². The van der Waals surface area contributed by atoms with Crippen LogP contribution in [-0.2, 0) is 15.7 Å². The average Bonchev–Trinajstić information content (AvgIpc) is 3.44. The van der Waals surface area contributed by atoms with Crippen LogP contribution in [0, 0.1) is 5.92 Å². The molecule has 3 atom stereocenters. The van der Waals surface area contributed by atoms with E-state index in [2.05, 4.69) is 10.00 Å². The molecule has 248 valence electrons. The molecule has 2 aliphatic heterocycles. The van der Waals surface area contributed by atoms with Crippen molar-refractivity contribution in [1.82, 2.24) is 24.5 Å². The highest BCUT2D eigenvalue weighted by atomic mass is 35.5. The van der Waals surface area contributed by atoms with Crippen LogP contribution in [0.3, 0.4) is 0 Å². The number of ether oxygens (including phenoxy) is 1. The van der Waals surface area contributed by atoms with E-state index in [1.165, 1.54) is 11.8 Å². The fraction of sp³-hybridized carbons (Fsp3) is 0.531. The molecule has 46 heavy (non-hydrogen) atoms. The minimum Gasteiger partial charge on any atom is -0.462 e. The second kappa shape index (κ2) is 12.3. The van der Waals surface area contributed by atoms with Gasteiger partial charge in [-0.2, -0.15) is 18.3 Å². The number of likely N-dealkylation sites (tertiary alicyclic amines) is 1. The third-order valence-corrected chi connectivity index (χ3v) is 9.74. The van der Waals surface area contributed by atoms with Crippen LogP contribution >= 0.6 is 11.6 Å². The standard InChI is InChI=1S/C32H35ClF5N5O3/c1-2-46-29(45)24-19-39-43(27(24)32(36,37)38)22-9-6-12-41(20-22)26-18-30(33,11-10-23(26)21-7-4-3-5-8-21)42-15-13-40(14-16-42)28(44)25-17-31(25,34)35/h3-5,7-8,10-11,19,22,25H,2,6,9,12-18,20H2,1H3. The van der Waals surface area contributed by atoms with Crippen molar-refractivity contribution in [2.75, 3.05) is 45.9 Å². The van der Waals surface area contributed by atoms with Crippen LogP contribution in [0.1, 0.15) is 60.3 Å². The lowest BCUT2D eigenvalue weighted by Gasteiger charge is -2.47. The molecule has 1 aromatic heterocycles. The first-order valence-corrected chi connectivity index (χ1v) is 15.9. The summed E-state index contributed by atoms with van der Waals surface area (Å²) < 4.78 is 75.8. The number of esters is 1. The number of aromatic nitrogens is 2. The minimum absolute atomic E-state index is 0.0650. The molecule has 3 heterocycles. The molecule has 2 aliphatic carbocycles. The number of halogens is 6. The predicted molar refractivity (Wildman–Crippen MR) is 160 cm³/mol. The smallest absolute Gasteiger partial charge is 0.433 e. The summed E-state index contributed by atoms with van der Waals surface area (Å²) in [6, 6.07) is 8.96. The third kappa shape index (κ3) is 6.27. The second-order valence-corrected chi connectivity index (χ2v) is 12.9. The summed E-state index contributed by atoms with van der Waals surface area (Å²) in [6.45, 7) is 3.55. The van der Waals surface area contributed by atoms with E-state index in [4.69, 9.17) is 16.3 Å². The van der Waals surface area contributed by atoms with Crippen molar-refractivity contribution >= 4 is 29.1 Å². The van der Waals surface area contributed by atoms with Gasteiger partial charge in [0.05, 0.1) is 18.8 Å². The van der Waals surface area contributed by atoms with E-state index in [0.29, 0.717) is 38.9 Å². The van der Waals surface area contributed by atoms with Crippen molar-refractivity contribution in [2.45, 2.75) is 55.7 Å². The van der Waals surface area contributed by atoms with E-state index in [-0.39, 0.29) is 26.2 Å². The first-order valence-electron chi connectivity index (χ1n) is 15.5. The number of piperazine rings is 1. The molecular weight excluding hydrogens is 633 g/mol. The number of amides is 1. The first-order chi connectivity index (χ1) is 21.8. The molecule has 3 unspecified atom stereocenters. The Hall–Kier alpha value is -3.45. The Balaban J connectivity index is 1.26. The summed E-state index contributed by atoms with van der Waals surface area (Å²) >= 11 is 7.31. The van der Waals surface area contributed by atoms with Gasteiger partial charge in [0, 0.05) is 63.4 Å². The summed E-state index contributed by atoms with van der Waals surface area (Å²) in [5.41, 5.74) is 0.942. The molecule has 3 fully saturated rings. The summed E-state index contributed by atoms with van der Waals surface area (Å²) in [5, 5.41) is 4.04. The molecule has 8 nitrogen and oxygen atoms in total. The Morgan fingerprint density at radius 3 is 2.41 bits per heavy atom. The Morgan fingerprint density at radius 2 is 1.78 bits per heavy atom. The van der Waals surface area contributed by atoms with E-state index in [1.54, 1.807) is 0 Å². The molecule has 14 heteroatoms. The number of rotatable bonds is 7. The SMILES string of the molecule is CCOC(=O)c1cnn(C2CCCN(C3=C(c4ccccc4)C=CC(Cl)(N4CCN(C(=O)C5CC5(F)F)CC4)C3)C2)c1C(F)(F)F. The maximum absolute atomic E-state index is 14.3. The number of allylic oxidation sites excluding steroid dienone is 2. The Kier molecular flexibility index (Phi) is 8.68. The zero-order valence-corrected chi connectivity index (χ0v) is 26.0. The molecule has 0 spiro atoms. The van der Waals surface area contributed by atoms with Gasteiger partial charge < -0.3 is 14.5 Å². The van der Waals surface area contributed by atoms with E-state index < -0.39 is 58.6 Å². The summed E-state index contributed by atoms with van der Waals surface area (Å²) in [7, 11) is 0. The van der Waals surface area contributed by atoms with Gasteiger partial charge in [0.15, 0.2) is 5.69 Å². The van der Waals surface area contributed by atoms with E-state index in [9.17, 15) is 31.5 Å². The van der Waals surface area contributed by atoms with Crippen molar-refractivity contribution in [3.63, 3.8) is 0 Å². The zero-order valence-electron chi connectivity index (χ0n) is 25.3. The molecule has 1 amide bonds. The van der Waals surface area contributed by atoms with E-state index in [1.807, 2.05) is 47.4 Å². The van der Waals surface area contributed by atoms with Crippen LogP contribution in [-0.4, -0.2) is 93.2 Å². The van der Waals surface area contributed by atoms with Crippen LogP contribution in [0.5, 0.6) is 0 Å². The highest BCUT2D eigenvalue weighted by Gasteiger charge is 2.62. The zero-order chi connectivity index (χ0) is 32.9. The molecular formula is C32H35ClF5N5O3. The van der Waals surface area contributed by atoms with Gasteiger partial charge in [-0.15, -0.1) is 0 Å². The van der Waals surface area contributed by atoms with Crippen LogP contribution in [0.2, 0.25) is 0 Å². The van der Waals surface area contributed by atoms with Crippen LogP contribution < -0.4 is 0 Å². The number of hydrogen-bond donors (Lipinski definition) is 0. The molecule has 0 N–H and O–H groups in total. The largest absolute Gasteiger partial charge is 0.462 e. The maximum atomic E-state index is 14.3. The average molecular weight is 668 g/mol. The fourth-order valence-electron chi connectivity index (χ4n) is 6.76. The van der Waals surface area contributed by atoms with Crippen LogP contribution in [0.15, 0.2) is 54.4 Å². The Labute approximate surface area is 268 Å². The number of alkyl halides is 6. The van der Waals surface area contributed by atoms with Gasteiger partial charge in [0.2, 0.25) is 5.91 Å². The van der Waals surface area contributed by atoms with Gasteiger partial charge in [-0.05, 0) is 31.4 Å². The molecule has 6 rings (SSSR count). The summed E-state index contributed by atoms with van der Waals surface area (Å²) in [6.07, 6.45) is 0.854. The highest BCUT2D eigenvalue weighted by Crippen LogP contribution is 2.50. The maximum Gasteiger partial charge on any atom is 0.433 e. The normalized spacial score (nSPS) is 26.8. The molecule has 0 radical (unpaired) electrons. The molecule has 1 aromatic carbocycles. The van der Waals surface area contributed by atoms with Crippen LogP contribution in [0.25, 0.3) is 5.57 Å². The van der Waals surface area contributed by atoms with Crippen molar-refractivity contribution in [3.05, 3.63) is 71.2 Å². The number of carbonyl (C=O) groups excluding carboxylic acids is 2. The molecule has 1 saturated carbocycles. The molecule has 2 saturated heterocycles. The number of hydrogen-bond acceptors (Lipinski definition) is 6. The summed E-state index contributed by atoms with van der Waals surface area (Å²) in [5.74, 6) is -5.76. The van der Waals surface area contributed by atoms with Crippen molar-refractivity contribution in [1.29, 1.82) is 0 Å². The quantitative estimate of drug-likeness (QED) is 0.161. The first kappa shape index (κ1) is 32.5. The third-order valence-electron chi connectivity index (χ3n) is 9.24. The number of benzene rings is 1. The molecule has 4 aliphatic rings. The monoisotopic (exact) mass is 667 g/mol. The van der Waals surface area contributed by atoms with Gasteiger partial charge in [-0.3, -0.25) is 14.4 Å². The van der Waals surface area contributed by atoms with Crippen LogP contribution in [0.4, 0.5) is 22.0 Å². The molecule has 2 aromatic rings. The van der Waals surface area contributed by atoms with Crippen molar-refractivity contribution in [3.8, 4) is 0 Å². The number of piperidine rings is 1. The lowest BCUT2D eigenvalue weighted by atomic mass is 9.90. The predicted octanol–water partition coefficient (Wildman–Crippen LogP) is 5.82. The fourth-order valence-corrected chi connectivity index (χ4v) is 7.11. The van der Waals surface area contributed by atoms with E-state index >= 15 is 0 Å². The second-order valence-electron chi connectivity index (χ2n) is 12.2. The van der Waals surface area contributed by atoms with Gasteiger partial charge in [0.25, 0.3) is 5.92 Å². The Bertz CT molecular complexity index is 1540. The number of carbonyl (C=O) groups is 2. The summed E-state index contributed by atoms with van der Waals surface area (Å²) in [4.78, 5) is 29.5. The molecule has 0 bridgehead atoms. The van der Waals surface area contributed by atoms with Crippen molar-refractivity contribution < 1.29 is 36.3 Å². The lowest BCUT2D eigenvalue weighted by molar-refractivity contribution is -0.146. The van der Waals surface area contributed by atoms with Gasteiger partial charge in [-0.1, -0.05) is 48.0 Å². The lowest BCUT2D eigenvalue weighted by Crippen LogP contribution is -2.56. The van der Waals surface area contributed by atoms with Gasteiger partial charge in [-0.25, -0.2) is 13.6 Å². The van der Waals surface area contributed by atoms with E-state index in [0.717, 1.165) is 27.7 Å². The number of nitrogens with zero attached hydrogens (tertiary/aromatic N) is 5. The van der Waals surface area contributed by atoms with Gasteiger partial charge in [0.1, 0.15) is 16.5 Å². The Morgan fingerprint density at radius 1 is 1.09 bits per heavy atom.